The summed E-state index contributed by atoms with van der Waals surface area (Å²) in [6, 6.07) is 7.87. The van der Waals surface area contributed by atoms with Gasteiger partial charge < -0.3 is 10.4 Å². The van der Waals surface area contributed by atoms with Crippen molar-refractivity contribution in [3.8, 4) is 0 Å². The maximum atomic E-state index is 10.8. The Kier molecular flexibility index (Phi) is 4.11. The molecule has 0 saturated carbocycles. The molecule has 0 aliphatic rings. The molecule has 6 heteroatoms. The fourth-order valence-corrected chi connectivity index (χ4v) is 2.04. The minimum atomic E-state index is -1.02. The molecule has 2 aromatic rings. The van der Waals surface area contributed by atoms with Crippen molar-refractivity contribution in [1.82, 2.24) is 9.97 Å². The average Bonchev–Trinajstić information content (AvgIpc) is 2.36. The minimum Gasteiger partial charge on any atom is -0.478 e. The first-order valence-corrected chi connectivity index (χ1v) is 6.41. The van der Waals surface area contributed by atoms with Gasteiger partial charge in [-0.25, -0.2) is 14.8 Å². The maximum Gasteiger partial charge on any atom is 0.339 e. The number of aromatic nitrogens is 2. The van der Waals surface area contributed by atoms with Crippen molar-refractivity contribution in [2.24, 2.45) is 0 Å². The smallest absolute Gasteiger partial charge is 0.339 e. The van der Waals surface area contributed by atoms with Crippen molar-refractivity contribution < 1.29 is 9.90 Å². The van der Waals surface area contributed by atoms with E-state index < -0.39 is 5.97 Å². The second kappa shape index (κ2) is 5.79. The van der Waals surface area contributed by atoms with E-state index in [2.05, 4.69) is 31.2 Å². The van der Waals surface area contributed by atoms with Gasteiger partial charge in [-0.2, -0.15) is 0 Å². The highest BCUT2D eigenvalue weighted by Gasteiger charge is 2.09. The highest BCUT2D eigenvalue weighted by atomic mass is 79.9. The summed E-state index contributed by atoms with van der Waals surface area (Å²) in [5, 5.41) is 11.9. The van der Waals surface area contributed by atoms with Crippen molar-refractivity contribution in [2.45, 2.75) is 13.5 Å². The third-order valence-corrected chi connectivity index (χ3v) is 3.04. The first kappa shape index (κ1) is 13.5. The van der Waals surface area contributed by atoms with Crippen LogP contribution in [0.15, 0.2) is 34.9 Å². The normalized spacial score (nSPS) is 10.2. The molecular formula is C13H12BrN3O2. The molecule has 1 aromatic heterocycles. The Morgan fingerprint density at radius 3 is 2.89 bits per heavy atom. The number of nitrogens with zero attached hydrogens (tertiary/aromatic N) is 2. The zero-order valence-electron chi connectivity index (χ0n) is 10.2. The highest BCUT2D eigenvalue weighted by molar-refractivity contribution is 9.10. The van der Waals surface area contributed by atoms with Gasteiger partial charge in [-0.3, -0.25) is 0 Å². The standard InChI is InChI=1S/C13H12BrN3O2/c1-8-11(12(18)19)7-16-13(17-8)15-6-9-3-2-4-10(14)5-9/h2-5,7H,6H2,1H3,(H,18,19)(H,15,16,17). The highest BCUT2D eigenvalue weighted by Crippen LogP contribution is 2.13. The molecule has 1 aromatic carbocycles. The molecule has 2 N–H and O–H groups in total. The second-order valence-electron chi connectivity index (χ2n) is 3.98. The number of carboxylic acid groups (broad SMARTS) is 1. The number of aromatic carboxylic acids is 1. The van der Waals surface area contributed by atoms with Crippen LogP contribution in [0.4, 0.5) is 5.95 Å². The molecular weight excluding hydrogens is 310 g/mol. The van der Waals surface area contributed by atoms with Crippen LogP contribution in [0.1, 0.15) is 21.6 Å². The molecule has 0 amide bonds. The molecule has 0 saturated heterocycles. The SMILES string of the molecule is Cc1nc(NCc2cccc(Br)c2)ncc1C(=O)O. The van der Waals surface area contributed by atoms with E-state index in [1.165, 1.54) is 6.20 Å². The molecule has 1 heterocycles. The quantitative estimate of drug-likeness (QED) is 0.905. The van der Waals surface area contributed by atoms with Gasteiger partial charge in [-0.05, 0) is 24.6 Å². The predicted molar refractivity (Wildman–Crippen MR) is 75.2 cm³/mol. The van der Waals surface area contributed by atoms with E-state index in [1.807, 2.05) is 24.3 Å². The largest absolute Gasteiger partial charge is 0.478 e. The van der Waals surface area contributed by atoms with E-state index >= 15 is 0 Å². The summed E-state index contributed by atoms with van der Waals surface area (Å²) >= 11 is 3.40. The van der Waals surface area contributed by atoms with Gasteiger partial charge in [0.05, 0.1) is 11.3 Å². The Morgan fingerprint density at radius 1 is 1.47 bits per heavy atom. The Morgan fingerprint density at radius 2 is 2.26 bits per heavy atom. The molecule has 2 rings (SSSR count). The van der Waals surface area contributed by atoms with E-state index in [9.17, 15) is 4.79 Å². The summed E-state index contributed by atoms with van der Waals surface area (Å²) in [4.78, 5) is 18.9. The van der Waals surface area contributed by atoms with Gasteiger partial charge in [-0.1, -0.05) is 28.1 Å². The molecule has 0 spiro atoms. The lowest BCUT2D eigenvalue weighted by Gasteiger charge is -2.07. The molecule has 0 radical (unpaired) electrons. The molecule has 0 aliphatic carbocycles. The molecule has 5 nitrogen and oxygen atoms in total. The van der Waals surface area contributed by atoms with Gasteiger partial charge >= 0.3 is 5.97 Å². The average molecular weight is 322 g/mol. The van der Waals surface area contributed by atoms with Crippen LogP contribution in [-0.2, 0) is 6.54 Å². The summed E-state index contributed by atoms with van der Waals surface area (Å²) in [6.07, 6.45) is 1.31. The number of carboxylic acids is 1. The summed E-state index contributed by atoms with van der Waals surface area (Å²) in [5.74, 6) is -0.599. The molecule has 0 fully saturated rings. The maximum absolute atomic E-state index is 10.8. The Labute approximate surface area is 118 Å². The molecule has 0 atom stereocenters. The number of aryl methyl sites for hydroxylation is 1. The minimum absolute atomic E-state index is 0.119. The van der Waals surface area contributed by atoms with Crippen LogP contribution < -0.4 is 5.32 Å². The van der Waals surface area contributed by atoms with E-state index in [4.69, 9.17) is 5.11 Å². The van der Waals surface area contributed by atoms with E-state index in [1.54, 1.807) is 6.92 Å². The monoisotopic (exact) mass is 321 g/mol. The zero-order chi connectivity index (χ0) is 13.8. The third kappa shape index (κ3) is 3.51. The van der Waals surface area contributed by atoms with Crippen LogP contribution in [0.3, 0.4) is 0 Å². The number of hydrogen-bond acceptors (Lipinski definition) is 4. The van der Waals surface area contributed by atoms with Crippen molar-refractivity contribution in [3.63, 3.8) is 0 Å². The van der Waals surface area contributed by atoms with Crippen molar-refractivity contribution in [3.05, 3.63) is 51.8 Å². The van der Waals surface area contributed by atoms with E-state index in [-0.39, 0.29) is 5.56 Å². The topological polar surface area (TPSA) is 75.1 Å². The molecule has 0 aliphatic heterocycles. The van der Waals surface area contributed by atoms with Crippen molar-refractivity contribution >= 4 is 27.8 Å². The second-order valence-corrected chi connectivity index (χ2v) is 4.90. The summed E-state index contributed by atoms with van der Waals surface area (Å²) in [7, 11) is 0. The molecule has 0 bridgehead atoms. The van der Waals surface area contributed by atoms with Crippen molar-refractivity contribution in [1.29, 1.82) is 0 Å². The molecule has 98 valence electrons. The number of nitrogens with one attached hydrogen (secondary N) is 1. The lowest BCUT2D eigenvalue weighted by Crippen LogP contribution is -2.08. The third-order valence-electron chi connectivity index (χ3n) is 2.55. The number of anilines is 1. The summed E-state index contributed by atoms with van der Waals surface area (Å²) in [6.45, 7) is 2.22. The number of rotatable bonds is 4. The fraction of sp³-hybridized carbons (Fsp3) is 0.154. The zero-order valence-corrected chi connectivity index (χ0v) is 11.8. The Bertz CT molecular complexity index is 617. The number of hydrogen-bond donors (Lipinski definition) is 2. The van der Waals surface area contributed by atoms with Gasteiger partial charge in [-0.15, -0.1) is 0 Å². The van der Waals surface area contributed by atoms with Gasteiger partial charge in [0.2, 0.25) is 5.95 Å². The van der Waals surface area contributed by atoms with E-state index in [0.717, 1.165) is 10.0 Å². The first-order valence-electron chi connectivity index (χ1n) is 5.61. The van der Waals surface area contributed by atoms with Gasteiger partial charge in [0.25, 0.3) is 0 Å². The summed E-state index contributed by atoms with van der Waals surface area (Å²) in [5.41, 5.74) is 1.64. The number of carbonyl (C=O) groups is 1. The molecule has 19 heavy (non-hydrogen) atoms. The van der Waals surface area contributed by atoms with Gasteiger partial charge in [0.15, 0.2) is 0 Å². The lowest BCUT2D eigenvalue weighted by atomic mass is 10.2. The number of halogens is 1. The van der Waals surface area contributed by atoms with Gasteiger partial charge in [0.1, 0.15) is 0 Å². The van der Waals surface area contributed by atoms with Crippen LogP contribution >= 0.6 is 15.9 Å². The van der Waals surface area contributed by atoms with Crippen LogP contribution in [-0.4, -0.2) is 21.0 Å². The lowest BCUT2D eigenvalue weighted by molar-refractivity contribution is 0.0695. The summed E-state index contributed by atoms with van der Waals surface area (Å²) < 4.78 is 1.00. The van der Waals surface area contributed by atoms with Crippen LogP contribution in [0, 0.1) is 6.92 Å². The Hall–Kier alpha value is -1.95. The van der Waals surface area contributed by atoms with Gasteiger partial charge in [0, 0.05) is 17.2 Å². The van der Waals surface area contributed by atoms with E-state index in [0.29, 0.717) is 18.2 Å². The fourth-order valence-electron chi connectivity index (χ4n) is 1.59. The van der Waals surface area contributed by atoms with Crippen LogP contribution in [0.25, 0.3) is 0 Å². The predicted octanol–water partition coefficient (Wildman–Crippen LogP) is 2.86. The first-order chi connectivity index (χ1) is 9.06. The van der Waals surface area contributed by atoms with Crippen LogP contribution in [0.5, 0.6) is 0 Å². The number of benzene rings is 1. The van der Waals surface area contributed by atoms with Crippen molar-refractivity contribution in [2.75, 3.05) is 5.32 Å². The molecule has 0 unspecified atom stereocenters. The van der Waals surface area contributed by atoms with Crippen LogP contribution in [0.2, 0.25) is 0 Å². The Balaban J connectivity index is 2.08.